The highest BCUT2D eigenvalue weighted by Crippen LogP contribution is 2.45. The van der Waals surface area contributed by atoms with Crippen LogP contribution in [0.2, 0.25) is 0 Å². The Morgan fingerprint density at radius 1 is 1.41 bits per heavy atom. The highest BCUT2D eigenvalue weighted by Gasteiger charge is 2.42. The third-order valence-electron chi connectivity index (χ3n) is 4.08. The Balaban J connectivity index is 2.16. The minimum absolute atomic E-state index is 0.258. The van der Waals surface area contributed by atoms with Gasteiger partial charge < -0.3 is 4.74 Å². The minimum atomic E-state index is -0.836. The Bertz CT molecular complexity index is 721. The second-order valence-corrected chi connectivity index (χ2v) is 6.44. The zero-order chi connectivity index (χ0) is 15.7. The summed E-state index contributed by atoms with van der Waals surface area (Å²) in [4.78, 5) is 12.2. The lowest BCUT2D eigenvalue weighted by atomic mass is 9.75. The molecule has 2 nitrogen and oxygen atoms in total. The number of carbonyl (C=O) groups excluding carboxylic acids is 1. The summed E-state index contributed by atoms with van der Waals surface area (Å²) >= 11 is 1.56. The average molecular weight is 316 g/mol. The standard InChI is InChI=1S/C18H17FO2S/c1-12(2)17(20)21-18(14-7-9-22-11-14)8-3-4-13-10-15(19)5-6-16(13)18/h5-7,9-11H,1,3-4,8H2,2H3. The molecule has 0 bridgehead atoms. The molecule has 0 saturated heterocycles. The molecule has 1 aromatic carbocycles. The van der Waals surface area contributed by atoms with Crippen LogP contribution in [0.15, 0.2) is 47.2 Å². The molecule has 0 amide bonds. The lowest BCUT2D eigenvalue weighted by Gasteiger charge is -2.38. The topological polar surface area (TPSA) is 26.3 Å². The molecular formula is C18H17FO2S. The van der Waals surface area contributed by atoms with E-state index in [4.69, 9.17) is 4.74 Å². The van der Waals surface area contributed by atoms with Crippen LogP contribution in [0.25, 0.3) is 0 Å². The zero-order valence-corrected chi connectivity index (χ0v) is 13.2. The van der Waals surface area contributed by atoms with E-state index < -0.39 is 11.6 Å². The zero-order valence-electron chi connectivity index (χ0n) is 12.4. The third-order valence-corrected chi connectivity index (χ3v) is 4.76. The van der Waals surface area contributed by atoms with Gasteiger partial charge in [0, 0.05) is 16.7 Å². The summed E-state index contributed by atoms with van der Waals surface area (Å²) in [7, 11) is 0. The molecule has 1 aromatic heterocycles. The molecule has 0 fully saturated rings. The SMILES string of the molecule is C=C(C)C(=O)OC1(c2ccsc2)CCCc2cc(F)ccc21. The molecule has 1 unspecified atom stereocenters. The molecule has 22 heavy (non-hydrogen) atoms. The largest absolute Gasteiger partial charge is 0.446 e. The van der Waals surface area contributed by atoms with Gasteiger partial charge in [-0.3, -0.25) is 0 Å². The van der Waals surface area contributed by atoms with Crippen LogP contribution in [0.5, 0.6) is 0 Å². The van der Waals surface area contributed by atoms with Crippen molar-refractivity contribution in [2.45, 2.75) is 31.8 Å². The van der Waals surface area contributed by atoms with Crippen LogP contribution < -0.4 is 0 Å². The van der Waals surface area contributed by atoms with Crippen LogP contribution in [0, 0.1) is 5.82 Å². The fourth-order valence-corrected chi connectivity index (χ4v) is 3.75. The van der Waals surface area contributed by atoms with E-state index in [9.17, 15) is 9.18 Å². The van der Waals surface area contributed by atoms with E-state index in [1.165, 1.54) is 6.07 Å². The second-order valence-electron chi connectivity index (χ2n) is 5.66. The fourth-order valence-electron chi connectivity index (χ4n) is 3.03. The number of fused-ring (bicyclic) bond motifs is 1. The van der Waals surface area contributed by atoms with Crippen molar-refractivity contribution in [1.29, 1.82) is 0 Å². The van der Waals surface area contributed by atoms with Gasteiger partial charge >= 0.3 is 5.97 Å². The van der Waals surface area contributed by atoms with Crippen molar-refractivity contribution in [3.63, 3.8) is 0 Å². The molecule has 0 spiro atoms. The van der Waals surface area contributed by atoms with Crippen molar-refractivity contribution >= 4 is 17.3 Å². The number of hydrogen-bond donors (Lipinski definition) is 0. The van der Waals surface area contributed by atoms with Crippen LogP contribution in [0.4, 0.5) is 4.39 Å². The predicted octanol–water partition coefficient (Wildman–Crippen LogP) is 4.59. The highest BCUT2D eigenvalue weighted by atomic mass is 32.1. The maximum absolute atomic E-state index is 13.6. The Morgan fingerprint density at radius 3 is 2.91 bits per heavy atom. The van der Waals surface area contributed by atoms with Gasteiger partial charge in [0.1, 0.15) is 5.82 Å². The first-order chi connectivity index (χ1) is 10.5. The second kappa shape index (κ2) is 5.69. The molecule has 1 heterocycles. The summed E-state index contributed by atoms with van der Waals surface area (Å²) in [6.45, 7) is 5.31. The number of thiophene rings is 1. The molecule has 3 rings (SSSR count). The summed E-state index contributed by atoms with van der Waals surface area (Å²) < 4.78 is 19.5. The molecular weight excluding hydrogens is 299 g/mol. The quantitative estimate of drug-likeness (QED) is 0.612. The predicted molar refractivity (Wildman–Crippen MR) is 85.3 cm³/mol. The van der Waals surface area contributed by atoms with Crippen LogP contribution in [-0.2, 0) is 21.6 Å². The van der Waals surface area contributed by atoms with Gasteiger partial charge in [-0.2, -0.15) is 11.3 Å². The Morgan fingerprint density at radius 2 is 2.23 bits per heavy atom. The Kier molecular flexibility index (Phi) is 3.87. The molecule has 0 radical (unpaired) electrons. The Labute approximate surface area is 133 Å². The van der Waals surface area contributed by atoms with Gasteiger partial charge in [0.15, 0.2) is 5.60 Å². The molecule has 0 N–H and O–H groups in total. The van der Waals surface area contributed by atoms with E-state index in [0.717, 1.165) is 29.5 Å². The molecule has 0 saturated carbocycles. The van der Waals surface area contributed by atoms with Gasteiger partial charge in [-0.05, 0) is 60.7 Å². The average Bonchev–Trinajstić information content (AvgIpc) is 3.01. The third kappa shape index (κ3) is 2.48. The van der Waals surface area contributed by atoms with Crippen molar-refractivity contribution in [1.82, 2.24) is 0 Å². The maximum atomic E-state index is 13.6. The van der Waals surface area contributed by atoms with Gasteiger partial charge in [-0.15, -0.1) is 0 Å². The van der Waals surface area contributed by atoms with Crippen molar-refractivity contribution < 1.29 is 13.9 Å². The first kappa shape index (κ1) is 15.0. The summed E-state index contributed by atoms with van der Waals surface area (Å²) in [6.07, 6.45) is 2.33. The van der Waals surface area contributed by atoms with Crippen molar-refractivity contribution in [2.75, 3.05) is 0 Å². The maximum Gasteiger partial charge on any atom is 0.334 e. The van der Waals surface area contributed by atoms with E-state index in [0.29, 0.717) is 12.0 Å². The number of ether oxygens (including phenoxy) is 1. The van der Waals surface area contributed by atoms with Crippen LogP contribution in [-0.4, -0.2) is 5.97 Å². The van der Waals surface area contributed by atoms with Gasteiger partial charge in [-0.25, -0.2) is 9.18 Å². The number of rotatable bonds is 3. The number of hydrogen-bond acceptors (Lipinski definition) is 3. The number of carbonyl (C=O) groups is 1. The number of benzene rings is 1. The van der Waals surface area contributed by atoms with Crippen molar-refractivity contribution in [3.05, 3.63) is 69.7 Å². The van der Waals surface area contributed by atoms with Crippen molar-refractivity contribution in [2.24, 2.45) is 0 Å². The molecule has 0 aliphatic heterocycles. The number of esters is 1. The van der Waals surface area contributed by atoms with Gasteiger partial charge in [0.25, 0.3) is 0 Å². The number of halogens is 1. The van der Waals surface area contributed by atoms with E-state index in [2.05, 4.69) is 6.58 Å². The number of aryl methyl sites for hydroxylation is 1. The van der Waals surface area contributed by atoms with Crippen LogP contribution in [0.1, 0.15) is 36.5 Å². The lowest BCUT2D eigenvalue weighted by Crippen LogP contribution is -2.37. The summed E-state index contributed by atoms with van der Waals surface area (Å²) in [6, 6.07) is 6.69. The smallest absolute Gasteiger partial charge is 0.334 e. The first-order valence-corrected chi connectivity index (χ1v) is 8.17. The lowest BCUT2D eigenvalue weighted by molar-refractivity contribution is -0.153. The van der Waals surface area contributed by atoms with Crippen LogP contribution >= 0.6 is 11.3 Å². The molecule has 114 valence electrons. The minimum Gasteiger partial charge on any atom is -0.446 e. The van der Waals surface area contributed by atoms with E-state index in [1.54, 1.807) is 30.4 Å². The summed E-state index contributed by atoms with van der Waals surface area (Å²) in [5, 5.41) is 3.95. The van der Waals surface area contributed by atoms with E-state index in [-0.39, 0.29) is 5.82 Å². The molecule has 1 aliphatic rings. The summed E-state index contributed by atoms with van der Waals surface area (Å²) in [5.74, 6) is -0.672. The van der Waals surface area contributed by atoms with E-state index >= 15 is 0 Å². The van der Waals surface area contributed by atoms with Gasteiger partial charge in [0.2, 0.25) is 0 Å². The summed E-state index contributed by atoms with van der Waals surface area (Å²) in [5.41, 5.74) is 2.26. The first-order valence-electron chi connectivity index (χ1n) is 7.23. The monoisotopic (exact) mass is 316 g/mol. The van der Waals surface area contributed by atoms with Crippen molar-refractivity contribution in [3.8, 4) is 0 Å². The fraction of sp³-hybridized carbons (Fsp3) is 0.278. The Hall–Kier alpha value is -1.94. The van der Waals surface area contributed by atoms with Crippen LogP contribution in [0.3, 0.4) is 0 Å². The molecule has 4 heteroatoms. The van der Waals surface area contributed by atoms with Gasteiger partial charge in [0.05, 0.1) is 0 Å². The molecule has 1 aliphatic carbocycles. The molecule has 1 atom stereocenters. The van der Waals surface area contributed by atoms with Gasteiger partial charge in [-0.1, -0.05) is 12.6 Å². The highest BCUT2D eigenvalue weighted by molar-refractivity contribution is 7.08. The van der Waals surface area contributed by atoms with E-state index in [1.807, 2.05) is 16.8 Å². The molecule has 2 aromatic rings. The normalized spacial score (nSPS) is 20.3.